The van der Waals surface area contributed by atoms with E-state index in [2.05, 4.69) is 5.10 Å². The zero-order valence-electron chi connectivity index (χ0n) is 6.80. The molecule has 1 aliphatic heterocycles. The molecule has 3 nitrogen and oxygen atoms in total. The summed E-state index contributed by atoms with van der Waals surface area (Å²) >= 11 is 0. The molecule has 0 fully saturated rings. The minimum absolute atomic E-state index is 0.0949. The van der Waals surface area contributed by atoms with Crippen LogP contribution in [-0.4, -0.2) is 24.4 Å². The van der Waals surface area contributed by atoms with Crippen molar-refractivity contribution in [3.8, 4) is 0 Å². The van der Waals surface area contributed by atoms with Gasteiger partial charge in [0.2, 0.25) is 0 Å². The van der Waals surface area contributed by atoms with E-state index in [4.69, 9.17) is 0 Å². The van der Waals surface area contributed by atoms with E-state index in [0.717, 1.165) is 11.3 Å². The summed E-state index contributed by atoms with van der Waals surface area (Å²) in [7, 11) is 3.56. The van der Waals surface area contributed by atoms with E-state index in [1.165, 1.54) is 0 Å². The van der Waals surface area contributed by atoms with Crippen LogP contribution in [-0.2, 0) is 0 Å². The predicted molar refractivity (Wildman–Crippen MR) is 37.9 cm³/mol. The fraction of sp³-hybridized carbons (Fsp3) is 0.571. The Morgan fingerprint density at radius 3 is 1.90 bits per heavy atom. The average molecular weight is 140 g/mol. The van der Waals surface area contributed by atoms with Crippen molar-refractivity contribution in [1.82, 2.24) is 0 Å². The van der Waals surface area contributed by atoms with Gasteiger partial charge in [0.05, 0.1) is 14.1 Å². The van der Waals surface area contributed by atoms with Crippen molar-refractivity contribution in [2.45, 2.75) is 13.8 Å². The van der Waals surface area contributed by atoms with Crippen molar-refractivity contribution in [2.75, 3.05) is 14.1 Å². The van der Waals surface area contributed by atoms with Crippen LogP contribution >= 0.6 is 0 Å². The maximum absolute atomic E-state index is 11.3. The molecule has 0 amide bonds. The first-order chi connectivity index (χ1) is 4.45. The number of quaternary nitrogens is 1. The highest BCUT2D eigenvalue weighted by Gasteiger charge is 2.24. The molecule has 1 aliphatic rings. The molecule has 0 N–H and O–H groups in total. The lowest BCUT2D eigenvalue weighted by molar-refractivity contribution is -0.904. The van der Waals surface area contributed by atoms with Gasteiger partial charge in [-0.25, -0.2) is 0 Å². The van der Waals surface area contributed by atoms with Crippen LogP contribution < -0.4 is 5.11 Å². The van der Waals surface area contributed by atoms with Gasteiger partial charge in [-0.15, -0.1) is 0 Å². The van der Waals surface area contributed by atoms with Crippen molar-refractivity contribution in [2.24, 2.45) is 5.10 Å². The van der Waals surface area contributed by atoms with E-state index < -0.39 is 0 Å². The topological polar surface area (TPSA) is 35.4 Å². The van der Waals surface area contributed by atoms with Gasteiger partial charge in [0, 0.05) is 5.57 Å². The molecule has 0 spiro atoms. The summed E-state index contributed by atoms with van der Waals surface area (Å²) in [5.74, 6) is 0.0949. The van der Waals surface area contributed by atoms with Crippen LogP contribution in [0.5, 0.6) is 0 Å². The second-order valence-corrected chi connectivity index (χ2v) is 3.01. The first-order valence-corrected chi connectivity index (χ1v) is 3.25. The lowest BCUT2D eigenvalue weighted by Gasteiger charge is -2.24. The second-order valence-electron chi connectivity index (χ2n) is 3.01. The van der Waals surface area contributed by atoms with Crippen molar-refractivity contribution in [3.05, 3.63) is 11.5 Å². The number of nitrogens with zero attached hydrogens (tertiary/aromatic N) is 2. The quantitative estimate of drug-likeness (QED) is 0.438. The SMILES string of the molecule is CC1=N[N+](C)(C)C([O-])=C1C. The van der Waals surface area contributed by atoms with Gasteiger partial charge in [-0.2, -0.15) is 4.59 Å². The van der Waals surface area contributed by atoms with Crippen LogP contribution in [0.3, 0.4) is 0 Å². The normalized spacial score (nSPS) is 23.4. The molecule has 0 aromatic rings. The van der Waals surface area contributed by atoms with Gasteiger partial charge >= 0.3 is 0 Å². The summed E-state index contributed by atoms with van der Waals surface area (Å²) in [5, 5.41) is 15.4. The van der Waals surface area contributed by atoms with Crippen molar-refractivity contribution in [1.29, 1.82) is 0 Å². The van der Waals surface area contributed by atoms with E-state index in [0.29, 0.717) is 0 Å². The number of rotatable bonds is 0. The zero-order chi connectivity index (χ0) is 7.94. The average Bonchev–Trinajstić information content (AvgIpc) is 1.95. The summed E-state index contributed by atoms with van der Waals surface area (Å²) in [4.78, 5) is 0. The largest absolute Gasteiger partial charge is 0.829 e. The van der Waals surface area contributed by atoms with E-state index in [1.54, 1.807) is 14.1 Å². The lowest BCUT2D eigenvalue weighted by atomic mass is 10.2. The third-order valence-corrected chi connectivity index (χ3v) is 1.76. The van der Waals surface area contributed by atoms with Gasteiger partial charge in [0.1, 0.15) is 11.6 Å². The number of hydrogen-bond donors (Lipinski definition) is 0. The molecule has 0 atom stereocenters. The first kappa shape index (κ1) is 7.28. The molecule has 0 aromatic heterocycles. The summed E-state index contributed by atoms with van der Waals surface area (Å²) in [6.07, 6.45) is 0. The smallest absolute Gasteiger partial charge is 0.101 e. The predicted octanol–water partition coefficient (Wildman–Crippen LogP) is 0.0441. The van der Waals surface area contributed by atoms with Gasteiger partial charge in [-0.1, -0.05) is 5.10 Å². The standard InChI is InChI=1S/C7H12N2O/c1-5-6(2)8-9(3,4)7(5)10/h1-4H3. The van der Waals surface area contributed by atoms with E-state index in [1.807, 2.05) is 13.8 Å². The summed E-state index contributed by atoms with van der Waals surface area (Å²) in [6, 6.07) is 0. The molecule has 0 saturated heterocycles. The van der Waals surface area contributed by atoms with Crippen LogP contribution in [0.4, 0.5) is 0 Å². The lowest BCUT2D eigenvalue weighted by Crippen LogP contribution is -2.36. The van der Waals surface area contributed by atoms with Gasteiger partial charge in [-0.05, 0) is 13.8 Å². The summed E-state index contributed by atoms with van der Waals surface area (Å²) in [5.41, 5.74) is 1.64. The Kier molecular flexibility index (Phi) is 1.33. The Bertz CT molecular complexity index is 226. The zero-order valence-corrected chi connectivity index (χ0v) is 6.80. The highest BCUT2D eigenvalue weighted by Crippen LogP contribution is 2.19. The van der Waals surface area contributed by atoms with Crippen LogP contribution in [0.15, 0.2) is 16.6 Å². The Hall–Kier alpha value is -0.830. The fourth-order valence-electron chi connectivity index (χ4n) is 1.06. The van der Waals surface area contributed by atoms with Crippen LogP contribution in [0, 0.1) is 0 Å². The maximum atomic E-state index is 11.3. The second kappa shape index (κ2) is 1.83. The van der Waals surface area contributed by atoms with Crippen molar-refractivity contribution in [3.63, 3.8) is 0 Å². The van der Waals surface area contributed by atoms with Gasteiger partial charge < -0.3 is 5.11 Å². The van der Waals surface area contributed by atoms with E-state index >= 15 is 0 Å². The van der Waals surface area contributed by atoms with Gasteiger partial charge in [-0.3, -0.25) is 0 Å². The molecule has 1 heterocycles. The third-order valence-electron chi connectivity index (χ3n) is 1.76. The molecule has 0 saturated carbocycles. The molecule has 0 bridgehead atoms. The van der Waals surface area contributed by atoms with E-state index in [9.17, 15) is 5.11 Å². The van der Waals surface area contributed by atoms with Crippen LogP contribution in [0.2, 0.25) is 0 Å². The molecule has 1 rings (SSSR count). The highest BCUT2D eigenvalue weighted by molar-refractivity contribution is 5.98. The molecule has 0 aliphatic carbocycles. The monoisotopic (exact) mass is 140 g/mol. The summed E-state index contributed by atoms with van der Waals surface area (Å²) in [6.45, 7) is 3.68. The molecule has 0 aromatic carbocycles. The van der Waals surface area contributed by atoms with Crippen LogP contribution in [0.1, 0.15) is 13.8 Å². The summed E-state index contributed by atoms with van der Waals surface area (Å²) < 4.78 is 0.123. The van der Waals surface area contributed by atoms with E-state index in [-0.39, 0.29) is 10.5 Å². The molecule has 0 unspecified atom stereocenters. The Labute approximate surface area is 60.9 Å². The van der Waals surface area contributed by atoms with Gasteiger partial charge in [0.15, 0.2) is 0 Å². The van der Waals surface area contributed by atoms with Crippen molar-refractivity contribution < 1.29 is 9.70 Å². The van der Waals surface area contributed by atoms with Crippen LogP contribution in [0.25, 0.3) is 0 Å². The maximum Gasteiger partial charge on any atom is 0.101 e. The number of allylic oxidation sites excluding steroid dienone is 1. The molecular formula is C7H12N2O. The first-order valence-electron chi connectivity index (χ1n) is 3.25. The van der Waals surface area contributed by atoms with Crippen molar-refractivity contribution >= 4 is 5.71 Å². The molecular weight excluding hydrogens is 128 g/mol. The molecule has 56 valence electrons. The Morgan fingerprint density at radius 2 is 1.80 bits per heavy atom. The number of hydrogen-bond acceptors (Lipinski definition) is 2. The Balaban J connectivity index is 3.12. The molecule has 10 heavy (non-hydrogen) atoms. The molecule has 0 radical (unpaired) electrons. The molecule has 3 heteroatoms. The minimum atomic E-state index is 0.0949. The third kappa shape index (κ3) is 0.827. The Morgan fingerprint density at radius 1 is 1.30 bits per heavy atom. The van der Waals surface area contributed by atoms with Gasteiger partial charge in [0.25, 0.3) is 0 Å². The minimum Gasteiger partial charge on any atom is -0.829 e. The highest BCUT2D eigenvalue weighted by atomic mass is 16.3. The fourth-order valence-corrected chi connectivity index (χ4v) is 1.06.